The monoisotopic (exact) mass is 418 g/mol. The first-order chi connectivity index (χ1) is 12.0. The van der Waals surface area contributed by atoms with E-state index in [0.717, 1.165) is 15.0 Å². The number of carbonyl (C=O) groups excluding carboxylic acids is 2. The van der Waals surface area contributed by atoms with E-state index in [1.54, 1.807) is 35.6 Å². The summed E-state index contributed by atoms with van der Waals surface area (Å²) in [7, 11) is 0. The van der Waals surface area contributed by atoms with E-state index < -0.39 is 0 Å². The molecule has 6 nitrogen and oxygen atoms in total. The molecule has 0 aliphatic carbocycles. The van der Waals surface area contributed by atoms with E-state index in [9.17, 15) is 9.59 Å². The van der Waals surface area contributed by atoms with Crippen molar-refractivity contribution in [3.63, 3.8) is 0 Å². The summed E-state index contributed by atoms with van der Waals surface area (Å²) in [5, 5.41) is 12.2. The molecule has 0 spiro atoms. The molecule has 0 bridgehead atoms. The molecule has 8 heteroatoms. The predicted molar refractivity (Wildman–Crippen MR) is 102 cm³/mol. The van der Waals surface area contributed by atoms with Gasteiger partial charge in [-0.05, 0) is 37.3 Å². The van der Waals surface area contributed by atoms with E-state index in [1.807, 2.05) is 25.1 Å². The smallest absolute Gasteiger partial charge is 0.251 e. The normalized spacial score (nSPS) is 10.5. The second kappa shape index (κ2) is 7.62. The van der Waals surface area contributed by atoms with Crippen LogP contribution in [0.3, 0.4) is 0 Å². The fourth-order valence-corrected chi connectivity index (χ4v) is 3.40. The second-order valence-electron chi connectivity index (χ2n) is 5.32. The SMILES string of the molecule is Cc1ccc(-c2cc(NC(=O)CNC(=O)c3cccc(Br)c3)n[nH]2)s1. The van der Waals surface area contributed by atoms with E-state index >= 15 is 0 Å². The Bertz CT molecular complexity index is 919. The van der Waals surface area contributed by atoms with Gasteiger partial charge in [-0.25, -0.2) is 0 Å². The summed E-state index contributed by atoms with van der Waals surface area (Å²) in [6.45, 7) is 1.90. The Balaban J connectivity index is 1.54. The lowest BCUT2D eigenvalue weighted by Crippen LogP contribution is -2.32. The number of rotatable bonds is 5. The van der Waals surface area contributed by atoms with Gasteiger partial charge in [-0.15, -0.1) is 11.3 Å². The fraction of sp³-hybridized carbons (Fsp3) is 0.118. The van der Waals surface area contributed by atoms with Gasteiger partial charge in [-0.2, -0.15) is 5.10 Å². The number of H-pyrrole nitrogens is 1. The van der Waals surface area contributed by atoms with Crippen LogP contribution < -0.4 is 10.6 Å². The topological polar surface area (TPSA) is 86.9 Å². The molecule has 2 amide bonds. The summed E-state index contributed by atoms with van der Waals surface area (Å²) in [4.78, 5) is 26.2. The van der Waals surface area contributed by atoms with Gasteiger partial charge in [-0.3, -0.25) is 14.7 Å². The third kappa shape index (κ3) is 4.55. The number of hydrogen-bond acceptors (Lipinski definition) is 4. The summed E-state index contributed by atoms with van der Waals surface area (Å²) < 4.78 is 0.803. The zero-order valence-corrected chi connectivity index (χ0v) is 15.7. The third-order valence-electron chi connectivity index (χ3n) is 3.35. The lowest BCUT2D eigenvalue weighted by atomic mass is 10.2. The highest BCUT2D eigenvalue weighted by Gasteiger charge is 2.11. The van der Waals surface area contributed by atoms with Crippen LogP contribution in [0.2, 0.25) is 0 Å². The predicted octanol–water partition coefficient (Wildman–Crippen LogP) is 3.58. The maximum Gasteiger partial charge on any atom is 0.251 e. The lowest BCUT2D eigenvalue weighted by Gasteiger charge is -2.05. The number of carbonyl (C=O) groups is 2. The molecule has 128 valence electrons. The van der Waals surface area contributed by atoms with Gasteiger partial charge in [0, 0.05) is 21.0 Å². The summed E-state index contributed by atoms with van der Waals surface area (Å²) >= 11 is 4.95. The largest absolute Gasteiger partial charge is 0.343 e. The van der Waals surface area contributed by atoms with Gasteiger partial charge in [0.1, 0.15) is 0 Å². The number of nitrogens with one attached hydrogen (secondary N) is 3. The van der Waals surface area contributed by atoms with Crippen LogP contribution in [0.5, 0.6) is 0 Å². The van der Waals surface area contributed by atoms with Crippen LogP contribution in [0.15, 0.2) is 46.9 Å². The molecule has 2 heterocycles. The third-order valence-corrected chi connectivity index (χ3v) is 4.87. The Morgan fingerprint density at radius 3 is 2.80 bits per heavy atom. The zero-order chi connectivity index (χ0) is 17.8. The molecule has 0 radical (unpaired) electrons. The number of thiophene rings is 1. The first kappa shape index (κ1) is 17.4. The Hall–Kier alpha value is -2.45. The number of amides is 2. The van der Waals surface area contributed by atoms with Crippen molar-refractivity contribution in [2.24, 2.45) is 0 Å². The van der Waals surface area contributed by atoms with E-state index in [4.69, 9.17) is 0 Å². The minimum Gasteiger partial charge on any atom is -0.343 e. The van der Waals surface area contributed by atoms with Crippen molar-refractivity contribution >= 4 is 44.9 Å². The van der Waals surface area contributed by atoms with Crippen LogP contribution in [-0.4, -0.2) is 28.6 Å². The van der Waals surface area contributed by atoms with E-state index in [2.05, 4.69) is 36.8 Å². The fourth-order valence-electron chi connectivity index (χ4n) is 2.17. The number of halogens is 1. The zero-order valence-electron chi connectivity index (χ0n) is 13.3. The summed E-state index contributed by atoms with van der Waals surface area (Å²) in [6, 6.07) is 12.7. The molecule has 0 saturated heterocycles. The highest BCUT2D eigenvalue weighted by atomic mass is 79.9. The molecule has 0 aliphatic rings. The highest BCUT2D eigenvalue weighted by Crippen LogP contribution is 2.27. The van der Waals surface area contributed by atoms with E-state index in [-0.39, 0.29) is 18.4 Å². The van der Waals surface area contributed by atoms with Crippen molar-refractivity contribution in [1.29, 1.82) is 0 Å². The number of anilines is 1. The van der Waals surface area contributed by atoms with Crippen molar-refractivity contribution in [3.8, 4) is 10.6 Å². The molecular formula is C17H15BrN4O2S. The van der Waals surface area contributed by atoms with Crippen LogP contribution in [-0.2, 0) is 4.79 Å². The molecule has 3 aromatic rings. The minimum atomic E-state index is -0.344. The van der Waals surface area contributed by atoms with Crippen LogP contribution in [0.25, 0.3) is 10.6 Å². The van der Waals surface area contributed by atoms with Crippen molar-refractivity contribution in [1.82, 2.24) is 15.5 Å². The van der Waals surface area contributed by atoms with Gasteiger partial charge in [0.25, 0.3) is 5.91 Å². The maximum atomic E-state index is 12.0. The molecule has 0 saturated carbocycles. The molecule has 0 atom stereocenters. The average molecular weight is 419 g/mol. The number of aromatic amines is 1. The van der Waals surface area contributed by atoms with Crippen molar-refractivity contribution in [2.75, 3.05) is 11.9 Å². The van der Waals surface area contributed by atoms with Crippen LogP contribution in [0.1, 0.15) is 15.2 Å². The molecular weight excluding hydrogens is 404 g/mol. The van der Waals surface area contributed by atoms with Crippen LogP contribution in [0, 0.1) is 6.92 Å². The van der Waals surface area contributed by atoms with Crippen molar-refractivity contribution < 1.29 is 9.59 Å². The summed E-state index contributed by atoms with van der Waals surface area (Å²) in [6.07, 6.45) is 0. The van der Waals surface area contributed by atoms with Crippen LogP contribution in [0.4, 0.5) is 5.82 Å². The summed E-state index contributed by atoms with van der Waals surface area (Å²) in [5.41, 5.74) is 1.32. The molecule has 1 aromatic carbocycles. The molecule has 2 aromatic heterocycles. The molecule has 3 N–H and O–H groups in total. The Labute approximate surface area is 156 Å². The first-order valence-corrected chi connectivity index (χ1v) is 9.08. The van der Waals surface area contributed by atoms with Gasteiger partial charge in [-0.1, -0.05) is 22.0 Å². The highest BCUT2D eigenvalue weighted by molar-refractivity contribution is 9.10. The van der Waals surface area contributed by atoms with E-state index in [1.165, 1.54) is 4.88 Å². The quantitative estimate of drug-likeness (QED) is 0.591. The van der Waals surface area contributed by atoms with E-state index in [0.29, 0.717) is 11.4 Å². The Kier molecular flexibility index (Phi) is 5.30. The van der Waals surface area contributed by atoms with Crippen molar-refractivity contribution in [3.05, 3.63) is 57.4 Å². The number of benzene rings is 1. The van der Waals surface area contributed by atoms with Gasteiger partial charge in [0.05, 0.1) is 17.1 Å². The van der Waals surface area contributed by atoms with Gasteiger partial charge < -0.3 is 10.6 Å². The number of aromatic nitrogens is 2. The standard InChI is InChI=1S/C17H15BrN4O2S/c1-10-5-6-14(25-10)13-8-15(22-21-13)20-16(23)9-19-17(24)11-3-2-4-12(18)7-11/h2-8H,9H2,1H3,(H,19,24)(H2,20,21,22,23). The number of hydrogen-bond donors (Lipinski definition) is 3. The molecule has 25 heavy (non-hydrogen) atoms. The maximum absolute atomic E-state index is 12.0. The number of nitrogens with zero attached hydrogens (tertiary/aromatic N) is 1. The molecule has 3 rings (SSSR count). The average Bonchev–Trinajstić information content (AvgIpc) is 3.21. The van der Waals surface area contributed by atoms with Gasteiger partial charge in [0.2, 0.25) is 5.91 Å². The van der Waals surface area contributed by atoms with Gasteiger partial charge in [0.15, 0.2) is 5.82 Å². The molecule has 0 fully saturated rings. The number of aryl methyl sites for hydroxylation is 1. The molecule has 0 aliphatic heterocycles. The Morgan fingerprint density at radius 2 is 2.08 bits per heavy atom. The lowest BCUT2D eigenvalue weighted by molar-refractivity contribution is -0.115. The summed E-state index contributed by atoms with van der Waals surface area (Å²) in [5.74, 6) is -0.236. The second-order valence-corrected chi connectivity index (χ2v) is 7.52. The molecule has 0 unspecified atom stereocenters. The van der Waals surface area contributed by atoms with Crippen molar-refractivity contribution in [2.45, 2.75) is 6.92 Å². The Morgan fingerprint density at radius 1 is 1.24 bits per heavy atom. The van der Waals surface area contributed by atoms with Gasteiger partial charge >= 0.3 is 0 Å². The minimum absolute atomic E-state index is 0.133. The first-order valence-electron chi connectivity index (χ1n) is 7.47. The van der Waals surface area contributed by atoms with Crippen LogP contribution >= 0.6 is 27.3 Å².